The van der Waals surface area contributed by atoms with Crippen LogP contribution in [0.5, 0.6) is 0 Å². The average Bonchev–Trinajstić information content (AvgIpc) is 2.39. The van der Waals surface area contributed by atoms with Gasteiger partial charge in [0, 0.05) is 12.5 Å². The zero-order valence-electron chi connectivity index (χ0n) is 11.3. The third kappa shape index (κ3) is 2.93. The monoisotopic (exact) mass is 257 g/mol. The molecule has 0 bridgehead atoms. The fourth-order valence-electron chi connectivity index (χ4n) is 2.66. The lowest BCUT2D eigenvalue weighted by Crippen LogP contribution is -2.25. The van der Waals surface area contributed by atoms with Crippen LogP contribution in [0.2, 0.25) is 0 Å². The third-order valence-electron chi connectivity index (χ3n) is 3.54. The maximum atomic E-state index is 10.9. The molecule has 0 aliphatic carbocycles. The van der Waals surface area contributed by atoms with Crippen LogP contribution >= 0.6 is 0 Å². The van der Waals surface area contributed by atoms with E-state index in [1.54, 1.807) is 0 Å². The Hall–Kier alpha value is -1.87. The van der Waals surface area contributed by atoms with E-state index in [-0.39, 0.29) is 18.4 Å². The normalized spacial score (nSPS) is 14.2. The van der Waals surface area contributed by atoms with Gasteiger partial charge in [-0.2, -0.15) is 0 Å². The highest BCUT2D eigenvalue weighted by Gasteiger charge is 2.21. The molecule has 0 aliphatic rings. The number of benzene rings is 2. The Morgan fingerprint density at radius 1 is 1.21 bits per heavy atom. The molecule has 0 heterocycles. The molecular weight excluding hydrogens is 238 g/mol. The maximum absolute atomic E-state index is 10.9. The highest BCUT2D eigenvalue weighted by molar-refractivity contribution is 5.86. The van der Waals surface area contributed by atoms with Crippen molar-refractivity contribution in [3.05, 3.63) is 48.0 Å². The van der Waals surface area contributed by atoms with E-state index in [2.05, 4.69) is 29.6 Å². The molecule has 19 heavy (non-hydrogen) atoms. The molecule has 0 amide bonds. The smallest absolute Gasteiger partial charge is 0.303 e. The quantitative estimate of drug-likeness (QED) is 0.864. The Bertz CT molecular complexity index is 574. The van der Waals surface area contributed by atoms with Crippen molar-refractivity contribution in [2.24, 2.45) is 5.92 Å². The molecule has 0 radical (unpaired) electrons. The van der Waals surface area contributed by atoms with Gasteiger partial charge in [0.2, 0.25) is 0 Å². The molecule has 0 saturated heterocycles. The van der Waals surface area contributed by atoms with Crippen LogP contribution in [0.3, 0.4) is 0 Å². The van der Waals surface area contributed by atoms with Crippen LogP contribution in [0.15, 0.2) is 42.5 Å². The second kappa shape index (κ2) is 5.85. The number of carbonyl (C=O) groups is 1. The van der Waals surface area contributed by atoms with E-state index in [4.69, 9.17) is 5.11 Å². The first kappa shape index (κ1) is 13.6. The number of carboxylic acid groups (broad SMARTS) is 1. The van der Waals surface area contributed by atoms with Crippen molar-refractivity contribution in [3.8, 4) is 0 Å². The fourth-order valence-corrected chi connectivity index (χ4v) is 2.66. The van der Waals surface area contributed by atoms with Crippen LogP contribution in [0.25, 0.3) is 10.8 Å². The van der Waals surface area contributed by atoms with Gasteiger partial charge in [-0.05, 0) is 29.3 Å². The van der Waals surface area contributed by atoms with Crippen molar-refractivity contribution >= 4 is 16.7 Å². The van der Waals surface area contributed by atoms with E-state index in [1.165, 1.54) is 10.8 Å². The third-order valence-corrected chi connectivity index (χ3v) is 3.54. The van der Waals surface area contributed by atoms with E-state index < -0.39 is 5.97 Å². The van der Waals surface area contributed by atoms with Gasteiger partial charge in [0.25, 0.3) is 0 Å². The molecule has 2 atom stereocenters. The lowest BCUT2D eigenvalue weighted by molar-refractivity contribution is -0.138. The van der Waals surface area contributed by atoms with E-state index in [0.717, 1.165) is 5.56 Å². The summed E-state index contributed by atoms with van der Waals surface area (Å²) in [6, 6.07) is 14.4. The van der Waals surface area contributed by atoms with Crippen molar-refractivity contribution in [1.82, 2.24) is 5.32 Å². The predicted octanol–water partition coefficient (Wildman–Crippen LogP) is 3.21. The molecule has 3 nitrogen and oxygen atoms in total. The standard InChI is InChI=1S/C16H19NO2/c1-11(10-15(18)19)16(17-2)14-9-5-7-12-6-3-4-8-13(12)14/h3-9,11,16-17H,10H2,1-2H3,(H,18,19). The molecule has 2 rings (SSSR count). The number of nitrogens with one attached hydrogen (secondary N) is 1. The summed E-state index contributed by atoms with van der Waals surface area (Å²) in [5, 5.41) is 14.6. The molecule has 2 N–H and O–H groups in total. The Labute approximate surface area is 113 Å². The van der Waals surface area contributed by atoms with Crippen molar-refractivity contribution < 1.29 is 9.90 Å². The SMILES string of the molecule is CNC(c1cccc2ccccc12)C(C)CC(=O)O. The van der Waals surface area contributed by atoms with Gasteiger partial charge in [0.05, 0.1) is 0 Å². The first-order valence-electron chi connectivity index (χ1n) is 6.50. The van der Waals surface area contributed by atoms with Crippen molar-refractivity contribution in [2.45, 2.75) is 19.4 Å². The number of carboxylic acids is 1. The fraction of sp³-hybridized carbons (Fsp3) is 0.312. The van der Waals surface area contributed by atoms with E-state index in [1.807, 2.05) is 32.2 Å². The second-order valence-corrected chi connectivity index (χ2v) is 4.91. The van der Waals surface area contributed by atoms with Crippen molar-refractivity contribution in [3.63, 3.8) is 0 Å². The van der Waals surface area contributed by atoms with E-state index in [9.17, 15) is 4.79 Å². The molecule has 0 aromatic heterocycles. The predicted molar refractivity (Wildman–Crippen MR) is 77.2 cm³/mol. The Kier molecular flexibility index (Phi) is 4.17. The summed E-state index contributed by atoms with van der Waals surface area (Å²) in [6.45, 7) is 1.97. The summed E-state index contributed by atoms with van der Waals surface area (Å²) < 4.78 is 0. The van der Waals surface area contributed by atoms with Gasteiger partial charge < -0.3 is 10.4 Å². The van der Waals surface area contributed by atoms with Gasteiger partial charge in [0.15, 0.2) is 0 Å². The van der Waals surface area contributed by atoms with Crippen LogP contribution in [-0.4, -0.2) is 18.1 Å². The molecule has 0 fully saturated rings. The van der Waals surface area contributed by atoms with Crippen molar-refractivity contribution in [1.29, 1.82) is 0 Å². The van der Waals surface area contributed by atoms with Crippen LogP contribution < -0.4 is 5.32 Å². The summed E-state index contributed by atoms with van der Waals surface area (Å²) in [7, 11) is 1.88. The zero-order chi connectivity index (χ0) is 13.8. The van der Waals surface area contributed by atoms with Gasteiger partial charge in [-0.3, -0.25) is 4.79 Å². The molecule has 0 spiro atoms. The number of fused-ring (bicyclic) bond motifs is 1. The van der Waals surface area contributed by atoms with Gasteiger partial charge >= 0.3 is 5.97 Å². The minimum Gasteiger partial charge on any atom is -0.481 e. The minimum absolute atomic E-state index is 0.0355. The van der Waals surface area contributed by atoms with Crippen LogP contribution in [0.4, 0.5) is 0 Å². The van der Waals surface area contributed by atoms with Crippen LogP contribution in [0.1, 0.15) is 24.9 Å². The number of hydrogen-bond acceptors (Lipinski definition) is 2. The molecule has 2 unspecified atom stereocenters. The summed E-state index contributed by atoms with van der Waals surface area (Å²) in [4.78, 5) is 10.9. The summed E-state index contributed by atoms with van der Waals surface area (Å²) in [5.41, 5.74) is 1.16. The first-order valence-corrected chi connectivity index (χ1v) is 6.50. The lowest BCUT2D eigenvalue weighted by Gasteiger charge is -2.24. The number of aliphatic carboxylic acids is 1. The Morgan fingerprint density at radius 3 is 2.58 bits per heavy atom. The van der Waals surface area contributed by atoms with Crippen LogP contribution in [-0.2, 0) is 4.79 Å². The zero-order valence-corrected chi connectivity index (χ0v) is 11.3. The molecular formula is C16H19NO2. The topological polar surface area (TPSA) is 49.3 Å². The highest BCUT2D eigenvalue weighted by Crippen LogP contribution is 2.30. The first-order chi connectivity index (χ1) is 9.13. The van der Waals surface area contributed by atoms with Crippen LogP contribution in [0, 0.1) is 5.92 Å². The van der Waals surface area contributed by atoms with Gasteiger partial charge in [0.1, 0.15) is 0 Å². The molecule has 0 saturated carbocycles. The van der Waals surface area contributed by atoms with E-state index in [0.29, 0.717) is 0 Å². The molecule has 2 aromatic rings. The minimum atomic E-state index is -0.756. The summed E-state index contributed by atoms with van der Waals surface area (Å²) >= 11 is 0. The molecule has 2 aromatic carbocycles. The lowest BCUT2D eigenvalue weighted by atomic mass is 9.89. The number of hydrogen-bond donors (Lipinski definition) is 2. The van der Waals surface area contributed by atoms with E-state index >= 15 is 0 Å². The second-order valence-electron chi connectivity index (χ2n) is 4.91. The van der Waals surface area contributed by atoms with Gasteiger partial charge in [-0.1, -0.05) is 49.4 Å². The highest BCUT2D eigenvalue weighted by atomic mass is 16.4. The van der Waals surface area contributed by atoms with Gasteiger partial charge in [-0.15, -0.1) is 0 Å². The van der Waals surface area contributed by atoms with Crippen molar-refractivity contribution in [2.75, 3.05) is 7.05 Å². The van der Waals surface area contributed by atoms with Gasteiger partial charge in [-0.25, -0.2) is 0 Å². The average molecular weight is 257 g/mol. The largest absolute Gasteiger partial charge is 0.481 e. The molecule has 100 valence electrons. The number of rotatable bonds is 5. The summed E-state index contributed by atoms with van der Waals surface area (Å²) in [5.74, 6) is -0.721. The molecule has 0 aliphatic heterocycles. The Morgan fingerprint density at radius 2 is 1.89 bits per heavy atom. The maximum Gasteiger partial charge on any atom is 0.303 e. The summed E-state index contributed by atoms with van der Waals surface area (Å²) in [6.07, 6.45) is 0.161. The molecule has 3 heteroatoms. The Balaban J connectivity index is 2.43.